The number of carbonyl (C=O) groups is 2. The summed E-state index contributed by atoms with van der Waals surface area (Å²) in [4.78, 5) is 32.8. The van der Waals surface area contributed by atoms with E-state index in [4.69, 9.17) is 16.3 Å². The molecule has 0 aliphatic rings. The Morgan fingerprint density at radius 1 is 1.48 bits per heavy atom. The van der Waals surface area contributed by atoms with E-state index in [1.807, 2.05) is 0 Å². The van der Waals surface area contributed by atoms with Gasteiger partial charge in [-0.25, -0.2) is 9.59 Å². The molecule has 0 amide bonds. The van der Waals surface area contributed by atoms with Crippen LogP contribution < -0.4 is 0 Å². The molecule has 114 valence electrons. The Morgan fingerprint density at radius 3 is 2.62 bits per heavy atom. The number of nitro benzene ring substituents is 1. The van der Waals surface area contributed by atoms with Crippen molar-refractivity contribution < 1.29 is 28.4 Å². The van der Waals surface area contributed by atoms with E-state index >= 15 is 0 Å². The SMILES string of the molecule is CCOC(=O)C(C)OC(=O)c1cc([N+](=O)[O-])c(F)cc1Cl. The molecule has 1 atom stereocenters. The summed E-state index contributed by atoms with van der Waals surface area (Å²) in [5.74, 6) is -3.05. The lowest BCUT2D eigenvalue weighted by Gasteiger charge is -2.12. The molecule has 0 aliphatic heterocycles. The number of ether oxygens (including phenoxy) is 2. The lowest BCUT2D eigenvalue weighted by atomic mass is 10.2. The molecule has 0 bridgehead atoms. The number of halogens is 2. The molecule has 21 heavy (non-hydrogen) atoms. The molecule has 0 aliphatic carbocycles. The Hall–Kier alpha value is -2.22. The summed E-state index contributed by atoms with van der Waals surface area (Å²) in [6.45, 7) is 2.94. The van der Waals surface area contributed by atoms with Crippen molar-refractivity contribution in [3.05, 3.63) is 38.7 Å². The number of hydrogen-bond donors (Lipinski definition) is 0. The number of nitrogens with zero attached hydrogens (tertiary/aromatic N) is 1. The first-order valence-corrected chi connectivity index (χ1v) is 6.16. The number of rotatable bonds is 5. The van der Waals surface area contributed by atoms with Crippen molar-refractivity contribution in [3.8, 4) is 0 Å². The Bertz CT molecular complexity index is 591. The molecule has 0 spiro atoms. The Morgan fingerprint density at radius 2 is 2.10 bits per heavy atom. The average Bonchev–Trinajstić information content (AvgIpc) is 2.38. The molecular formula is C12H11ClFNO6. The summed E-state index contributed by atoms with van der Waals surface area (Å²) < 4.78 is 22.7. The van der Waals surface area contributed by atoms with Crippen LogP contribution in [-0.4, -0.2) is 29.6 Å². The van der Waals surface area contributed by atoms with Crippen LogP contribution in [0.4, 0.5) is 10.1 Å². The molecule has 1 unspecified atom stereocenters. The lowest BCUT2D eigenvalue weighted by molar-refractivity contribution is -0.387. The van der Waals surface area contributed by atoms with Gasteiger partial charge in [0.2, 0.25) is 5.82 Å². The highest BCUT2D eigenvalue weighted by Gasteiger charge is 2.25. The highest BCUT2D eigenvalue weighted by atomic mass is 35.5. The fourth-order valence-corrected chi connectivity index (χ4v) is 1.59. The van der Waals surface area contributed by atoms with Crippen molar-refractivity contribution in [2.45, 2.75) is 20.0 Å². The second-order valence-electron chi connectivity index (χ2n) is 3.84. The van der Waals surface area contributed by atoms with Crippen LogP contribution in [0.5, 0.6) is 0 Å². The average molecular weight is 320 g/mol. The van der Waals surface area contributed by atoms with Gasteiger partial charge in [0.15, 0.2) is 6.10 Å². The number of nitro groups is 1. The van der Waals surface area contributed by atoms with Crippen molar-refractivity contribution in [1.82, 2.24) is 0 Å². The van der Waals surface area contributed by atoms with Gasteiger partial charge in [-0.05, 0) is 13.8 Å². The van der Waals surface area contributed by atoms with Gasteiger partial charge in [0, 0.05) is 12.1 Å². The van der Waals surface area contributed by atoms with Crippen LogP contribution in [0.2, 0.25) is 5.02 Å². The first kappa shape index (κ1) is 16.8. The first-order chi connectivity index (χ1) is 9.77. The monoisotopic (exact) mass is 319 g/mol. The minimum Gasteiger partial charge on any atom is -0.463 e. The third kappa shape index (κ3) is 4.12. The van der Waals surface area contributed by atoms with Gasteiger partial charge >= 0.3 is 17.6 Å². The van der Waals surface area contributed by atoms with Crippen LogP contribution in [-0.2, 0) is 14.3 Å². The quantitative estimate of drug-likeness (QED) is 0.470. The lowest BCUT2D eigenvalue weighted by Crippen LogP contribution is -2.26. The molecule has 0 aromatic heterocycles. The summed E-state index contributed by atoms with van der Waals surface area (Å²) in [5.41, 5.74) is -1.34. The van der Waals surface area contributed by atoms with Crippen LogP contribution >= 0.6 is 11.6 Å². The van der Waals surface area contributed by atoms with Gasteiger partial charge in [-0.1, -0.05) is 11.6 Å². The highest BCUT2D eigenvalue weighted by Crippen LogP contribution is 2.26. The number of carbonyl (C=O) groups excluding carboxylic acids is 2. The molecule has 1 rings (SSSR count). The van der Waals surface area contributed by atoms with Crippen LogP contribution in [0.1, 0.15) is 24.2 Å². The number of benzene rings is 1. The van der Waals surface area contributed by atoms with Crippen molar-refractivity contribution in [2.24, 2.45) is 0 Å². The van der Waals surface area contributed by atoms with Gasteiger partial charge in [0.25, 0.3) is 0 Å². The molecule has 0 fully saturated rings. The van der Waals surface area contributed by atoms with E-state index in [1.54, 1.807) is 6.92 Å². The zero-order valence-corrected chi connectivity index (χ0v) is 11.8. The largest absolute Gasteiger partial charge is 0.463 e. The Kier molecular flexibility index (Phi) is 5.60. The van der Waals surface area contributed by atoms with Crippen molar-refractivity contribution in [2.75, 3.05) is 6.61 Å². The second kappa shape index (κ2) is 6.98. The Balaban J connectivity index is 3.00. The predicted molar refractivity (Wildman–Crippen MR) is 69.6 cm³/mol. The van der Waals surface area contributed by atoms with Gasteiger partial charge in [0.1, 0.15) is 0 Å². The van der Waals surface area contributed by atoms with Gasteiger partial charge in [-0.15, -0.1) is 0 Å². The van der Waals surface area contributed by atoms with E-state index in [0.29, 0.717) is 12.1 Å². The molecular weight excluding hydrogens is 309 g/mol. The van der Waals surface area contributed by atoms with Gasteiger partial charge in [0.05, 0.1) is 22.1 Å². The van der Waals surface area contributed by atoms with Crippen molar-refractivity contribution >= 4 is 29.2 Å². The van der Waals surface area contributed by atoms with Crippen molar-refractivity contribution in [1.29, 1.82) is 0 Å². The maximum Gasteiger partial charge on any atom is 0.347 e. The van der Waals surface area contributed by atoms with Gasteiger partial charge < -0.3 is 9.47 Å². The molecule has 0 N–H and O–H groups in total. The van der Waals surface area contributed by atoms with Crippen LogP contribution in [0, 0.1) is 15.9 Å². The van der Waals surface area contributed by atoms with Gasteiger partial charge in [-0.3, -0.25) is 10.1 Å². The van der Waals surface area contributed by atoms with E-state index < -0.39 is 40.0 Å². The summed E-state index contributed by atoms with van der Waals surface area (Å²) >= 11 is 5.65. The Labute approximate surface area is 123 Å². The van der Waals surface area contributed by atoms with Crippen LogP contribution in [0.3, 0.4) is 0 Å². The molecule has 0 saturated heterocycles. The minimum atomic E-state index is -1.22. The van der Waals surface area contributed by atoms with E-state index in [0.717, 1.165) is 0 Å². The predicted octanol–water partition coefficient (Wildman–Crippen LogP) is 2.50. The summed E-state index contributed by atoms with van der Waals surface area (Å²) in [5, 5.41) is 10.3. The fourth-order valence-electron chi connectivity index (χ4n) is 1.37. The highest BCUT2D eigenvalue weighted by molar-refractivity contribution is 6.33. The molecule has 0 saturated carbocycles. The maximum atomic E-state index is 13.3. The summed E-state index contributed by atoms with van der Waals surface area (Å²) in [6, 6.07) is 1.28. The third-order valence-corrected chi connectivity index (χ3v) is 2.67. The number of hydrogen-bond acceptors (Lipinski definition) is 6. The smallest absolute Gasteiger partial charge is 0.347 e. The third-order valence-electron chi connectivity index (χ3n) is 2.36. The summed E-state index contributed by atoms with van der Waals surface area (Å²) in [6.07, 6.45) is -1.22. The molecule has 9 heteroatoms. The van der Waals surface area contributed by atoms with Crippen LogP contribution in [0.25, 0.3) is 0 Å². The van der Waals surface area contributed by atoms with E-state index in [2.05, 4.69) is 4.74 Å². The van der Waals surface area contributed by atoms with Crippen LogP contribution in [0.15, 0.2) is 12.1 Å². The zero-order chi connectivity index (χ0) is 16.2. The standard InChI is InChI=1S/C12H11ClFNO6/c1-3-20-11(16)6(2)21-12(17)7-4-10(15(18)19)9(14)5-8(7)13/h4-6H,3H2,1-2H3. The first-order valence-electron chi connectivity index (χ1n) is 5.79. The normalized spacial score (nSPS) is 11.6. The second-order valence-corrected chi connectivity index (χ2v) is 4.25. The molecule has 0 heterocycles. The topological polar surface area (TPSA) is 95.7 Å². The molecule has 1 aromatic carbocycles. The van der Waals surface area contributed by atoms with E-state index in [-0.39, 0.29) is 11.6 Å². The fraction of sp³-hybridized carbons (Fsp3) is 0.333. The number of esters is 2. The molecule has 7 nitrogen and oxygen atoms in total. The molecule has 0 radical (unpaired) electrons. The van der Waals surface area contributed by atoms with E-state index in [9.17, 15) is 24.1 Å². The molecule has 1 aromatic rings. The summed E-state index contributed by atoms with van der Waals surface area (Å²) in [7, 11) is 0. The van der Waals surface area contributed by atoms with Crippen molar-refractivity contribution in [3.63, 3.8) is 0 Å². The van der Waals surface area contributed by atoms with E-state index in [1.165, 1.54) is 6.92 Å². The zero-order valence-electron chi connectivity index (χ0n) is 11.1. The maximum absolute atomic E-state index is 13.3. The minimum absolute atomic E-state index is 0.101. The van der Waals surface area contributed by atoms with Gasteiger partial charge in [-0.2, -0.15) is 4.39 Å².